The lowest BCUT2D eigenvalue weighted by Gasteiger charge is -2.25. The lowest BCUT2D eigenvalue weighted by molar-refractivity contribution is 0.291. The quantitative estimate of drug-likeness (QED) is 0.835. The molecule has 1 N–H and O–H groups in total. The monoisotopic (exact) mass is 350 g/mol. The van der Waals surface area contributed by atoms with Crippen molar-refractivity contribution >= 4 is 10.0 Å². The van der Waals surface area contributed by atoms with Crippen molar-refractivity contribution in [1.29, 1.82) is 0 Å². The van der Waals surface area contributed by atoms with E-state index in [0.717, 1.165) is 18.1 Å². The molecule has 1 atom stereocenters. The van der Waals surface area contributed by atoms with Gasteiger partial charge in [0.2, 0.25) is 10.0 Å². The third-order valence-corrected chi connectivity index (χ3v) is 5.56. The molecule has 0 spiro atoms. The average molecular weight is 350 g/mol. The van der Waals surface area contributed by atoms with Crippen LogP contribution in [0.15, 0.2) is 53.4 Å². The molecule has 1 unspecified atom stereocenters. The second-order valence-electron chi connectivity index (χ2n) is 6.07. The molecule has 2 rings (SSSR count). The fraction of sp³-hybridized carbons (Fsp3) is 0.333. The van der Waals surface area contributed by atoms with E-state index in [1.54, 1.807) is 6.92 Å². The molecule has 6 heteroatoms. The summed E-state index contributed by atoms with van der Waals surface area (Å²) in [5, 5.41) is 0. The Hall–Kier alpha value is -1.76. The molecule has 2 aromatic rings. The number of hydrogen-bond donors (Lipinski definition) is 1. The summed E-state index contributed by atoms with van der Waals surface area (Å²) in [4.78, 5) is 2.11. The Labute approximate surface area is 143 Å². The predicted octanol–water partition coefficient (Wildman–Crippen LogP) is 2.59. The van der Waals surface area contributed by atoms with Crippen LogP contribution in [0.1, 0.15) is 11.1 Å². The largest absolute Gasteiger partial charge is 0.305 e. The van der Waals surface area contributed by atoms with Crippen LogP contribution in [0, 0.1) is 12.7 Å². The lowest BCUT2D eigenvalue weighted by Crippen LogP contribution is -2.41. The summed E-state index contributed by atoms with van der Waals surface area (Å²) in [6.45, 7) is 1.87. The molecule has 0 aliphatic heterocycles. The molecule has 0 aromatic heterocycles. The van der Waals surface area contributed by atoms with Gasteiger partial charge in [-0.15, -0.1) is 0 Å². The van der Waals surface area contributed by atoms with E-state index in [2.05, 4.69) is 4.72 Å². The zero-order valence-corrected chi connectivity index (χ0v) is 15.0. The van der Waals surface area contributed by atoms with Crippen LogP contribution in [0.4, 0.5) is 4.39 Å². The highest BCUT2D eigenvalue weighted by atomic mass is 32.2. The Bertz CT molecular complexity index is 777. The summed E-state index contributed by atoms with van der Waals surface area (Å²) < 4.78 is 40.8. The molecular formula is C18H23FN2O2S. The maximum absolute atomic E-state index is 13.2. The van der Waals surface area contributed by atoms with E-state index in [0.29, 0.717) is 5.56 Å². The van der Waals surface area contributed by atoms with E-state index >= 15 is 0 Å². The molecule has 0 heterocycles. The van der Waals surface area contributed by atoms with Crippen LogP contribution >= 0.6 is 0 Å². The molecule has 0 aliphatic carbocycles. The highest BCUT2D eigenvalue weighted by molar-refractivity contribution is 7.89. The van der Waals surface area contributed by atoms with Gasteiger partial charge < -0.3 is 4.90 Å². The Balaban J connectivity index is 2.10. The number of aryl methyl sites for hydroxylation is 1. The highest BCUT2D eigenvalue weighted by Crippen LogP contribution is 2.16. The van der Waals surface area contributed by atoms with Gasteiger partial charge in [-0.25, -0.2) is 17.5 Å². The second-order valence-corrected chi connectivity index (χ2v) is 7.80. The smallest absolute Gasteiger partial charge is 0.240 e. The van der Waals surface area contributed by atoms with E-state index in [1.807, 2.05) is 49.3 Å². The topological polar surface area (TPSA) is 49.4 Å². The molecule has 0 amide bonds. The number of benzene rings is 2. The third kappa shape index (κ3) is 4.87. The van der Waals surface area contributed by atoms with Gasteiger partial charge in [-0.1, -0.05) is 30.3 Å². The average Bonchev–Trinajstić information content (AvgIpc) is 2.51. The fourth-order valence-corrected chi connectivity index (χ4v) is 3.82. The predicted molar refractivity (Wildman–Crippen MR) is 93.9 cm³/mol. The molecule has 0 fully saturated rings. The van der Waals surface area contributed by atoms with E-state index in [9.17, 15) is 12.8 Å². The summed E-state index contributed by atoms with van der Waals surface area (Å²) in [7, 11) is 0.171. The molecule has 0 aliphatic rings. The van der Waals surface area contributed by atoms with Crippen molar-refractivity contribution in [2.24, 2.45) is 0 Å². The molecular weight excluding hydrogens is 327 g/mol. The maximum Gasteiger partial charge on any atom is 0.240 e. The molecule has 0 saturated heterocycles. The van der Waals surface area contributed by atoms with Gasteiger partial charge >= 0.3 is 0 Å². The number of halogens is 1. The summed E-state index contributed by atoms with van der Waals surface area (Å²) in [5.74, 6) is -0.443. The second kappa shape index (κ2) is 7.88. The van der Waals surface area contributed by atoms with Gasteiger partial charge in [0.25, 0.3) is 0 Å². The van der Waals surface area contributed by atoms with Crippen molar-refractivity contribution in [2.45, 2.75) is 24.3 Å². The summed E-state index contributed by atoms with van der Waals surface area (Å²) >= 11 is 0. The number of nitrogens with one attached hydrogen (secondary N) is 1. The zero-order chi connectivity index (χ0) is 17.7. The molecule has 2 aromatic carbocycles. The van der Waals surface area contributed by atoms with Gasteiger partial charge in [0, 0.05) is 12.6 Å². The summed E-state index contributed by atoms with van der Waals surface area (Å²) in [6, 6.07) is 13.6. The minimum absolute atomic E-state index is 0.0166. The summed E-state index contributed by atoms with van der Waals surface area (Å²) in [6.07, 6.45) is 0.735. The minimum Gasteiger partial charge on any atom is -0.305 e. The Kier molecular flexibility index (Phi) is 6.10. The van der Waals surface area contributed by atoms with Crippen LogP contribution in [-0.4, -0.2) is 40.0 Å². The first kappa shape index (κ1) is 18.6. The standard InChI is InChI=1S/C18H23FN2O2S/c1-14-11-16(19)9-10-18(14)24(22,23)20-13-17(21(2)3)12-15-7-5-4-6-8-15/h4-11,17,20H,12-13H2,1-3H3. The van der Waals surface area contributed by atoms with Crippen molar-refractivity contribution in [3.05, 3.63) is 65.5 Å². The van der Waals surface area contributed by atoms with Crippen LogP contribution in [0.25, 0.3) is 0 Å². The van der Waals surface area contributed by atoms with Crippen molar-refractivity contribution in [1.82, 2.24) is 9.62 Å². The first-order valence-corrected chi connectivity index (χ1v) is 9.24. The van der Waals surface area contributed by atoms with Crippen molar-refractivity contribution in [3.8, 4) is 0 Å². The lowest BCUT2D eigenvalue weighted by atomic mass is 10.1. The van der Waals surface area contributed by atoms with Crippen molar-refractivity contribution in [3.63, 3.8) is 0 Å². The van der Waals surface area contributed by atoms with Gasteiger partial charge in [0.1, 0.15) is 5.82 Å². The first-order valence-electron chi connectivity index (χ1n) is 7.76. The van der Waals surface area contributed by atoms with Gasteiger partial charge in [-0.3, -0.25) is 0 Å². The van der Waals surface area contributed by atoms with E-state index in [1.165, 1.54) is 12.1 Å². The number of nitrogens with zero attached hydrogens (tertiary/aromatic N) is 1. The Morgan fingerprint density at radius 2 is 1.79 bits per heavy atom. The van der Waals surface area contributed by atoms with E-state index < -0.39 is 15.8 Å². The maximum atomic E-state index is 13.2. The number of rotatable bonds is 7. The molecule has 0 bridgehead atoms. The summed E-state index contributed by atoms with van der Waals surface area (Å²) in [5.41, 5.74) is 1.54. The minimum atomic E-state index is -3.67. The van der Waals surface area contributed by atoms with Crippen LogP contribution in [0.3, 0.4) is 0 Å². The zero-order valence-electron chi connectivity index (χ0n) is 14.2. The van der Waals surface area contributed by atoms with Gasteiger partial charge in [-0.2, -0.15) is 0 Å². The van der Waals surface area contributed by atoms with Crippen LogP contribution < -0.4 is 4.72 Å². The molecule has 0 saturated carbocycles. The number of likely N-dealkylation sites (N-methyl/N-ethyl adjacent to an activating group) is 1. The van der Waals surface area contributed by atoms with Gasteiger partial charge in [-0.05, 0) is 56.8 Å². The molecule has 130 valence electrons. The third-order valence-electron chi connectivity index (χ3n) is 3.98. The molecule has 0 radical (unpaired) electrons. The number of sulfonamides is 1. The van der Waals surface area contributed by atoms with E-state index in [-0.39, 0.29) is 17.5 Å². The van der Waals surface area contributed by atoms with Crippen molar-refractivity contribution < 1.29 is 12.8 Å². The normalized spacial score (nSPS) is 13.2. The van der Waals surface area contributed by atoms with E-state index in [4.69, 9.17) is 0 Å². The number of hydrogen-bond acceptors (Lipinski definition) is 3. The first-order chi connectivity index (χ1) is 11.3. The van der Waals surface area contributed by atoms with Crippen molar-refractivity contribution in [2.75, 3.05) is 20.6 Å². The van der Waals surface area contributed by atoms with Crippen LogP contribution in [0.2, 0.25) is 0 Å². The van der Waals surface area contributed by atoms with Gasteiger partial charge in [0.15, 0.2) is 0 Å². The molecule has 4 nitrogen and oxygen atoms in total. The van der Waals surface area contributed by atoms with Crippen LogP contribution in [0.5, 0.6) is 0 Å². The fourth-order valence-electron chi connectivity index (χ4n) is 2.52. The Morgan fingerprint density at radius 1 is 1.12 bits per heavy atom. The Morgan fingerprint density at radius 3 is 2.38 bits per heavy atom. The molecule has 24 heavy (non-hydrogen) atoms. The van der Waals surface area contributed by atoms with Gasteiger partial charge in [0.05, 0.1) is 4.90 Å². The highest BCUT2D eigenvalue weighted by Gasteiger charge is 2.20. The SMILES string of the molecule is Cc1cc(F)ccc1S(=O)(=O)NCC(Cc1ccccc1)N(C)C. The van der Waals surface area contributed by atoms with Crippen LogP contribution in [-0.2, 0) is 16.4 Å².